The first-order chi connectivity index (χ1) is 9.60. The summed E-state index contributed by atoms with van der Waals surface area (Å²) in [5.41, 5.74) is 0. The van der Waals surface area contributed by atoms with E-state index in [9.17, 15) is 0 Å². The van der Waals surface area contributed by atoms with Crippen LogP contribution in [-0.4, -0.2) is 47.1 Å². The minimum atomic E-state index is 0.645. The van der Waals surface area contributed by atoms with Crippen molar-refractivity contribution < 1.29 is 0 Å². The van der Waals surface area contributed by atoms with Gasteiger partial charge >= 0.3 is 0 Å². The molecule has 1 aromatic rings. The van der Waals surface area contributed by atoms with E-state index in [-0.39, 0.29) is 0 Å². The Morgan fingerprint density at radius 2 is 2.25 bits per heavy atom. The summed E-state index contributed by atoms with van der Waals surface area (Å²) in [4.78, 5) is 11.2. The molecule has 0 radical (unpaired) electrons. The maximum Gasteiger partial charge on any atom is 0.224 e. The Morgan fingerprint density at radius 3 is 2.90 bits per heavy atom. The Balaban J connectivity index is 1.89. The van der Waals surface area contributed by atoms with Crippen molar-refractivity contribution in [3.63, 3.8) is 0 Å². The zero-order valence-electron chi connectivity index (χ0n) is 12.5. The fourth-order valence-electron chi connectivity index (χ4n) is 2.47. The van der Waals surface area contributed by atoms with Gasteiger partial charge in [0, 0.05) is 31.9 Å². The molecule has 20 heavy (non-hydrogen) atoms. The van der Waals surface area contributed by atoms with Crippen LogP contribution in [0.25, 0.3) is 0 Å². The zero-order valence-corrected chi connectivity index (χ0v) is 14.1. The van der Waals surface area contributed by atoms with E-state index in [1.54, 1.807) is 6.20 Å². The van der Waals surface area contributed by atoms with Crippen molar-refractivity contribution in [3.05, 3.63) is 10.7 Å². The average Bonchev–Trinajstić information content (AvgIpc) is 2.89. The minimum absolute atomic E-state index is 0.645. The third kappa shape index (κ3) is 4.06. The Labute approximate surface area is 129 Å². The lowest BCUT2D eigenvalue weighted by atomic mass is 10.1. The molecule has 0 aliphatic carbocycles. The number of nitrogens with zero attached hydrogens (tertiary/aromatic N) is 3. The summed E-state index contributed by atoms with van der Waals surface area (Å²) in [6.45, 7) is 10.7. The van der Waals surface area contributed by atoms with Crippen molar-refractivity contribution in [2.45, 2.75) is 33.2 Å². The van der Waals surface area contributed by atoms with E-state index in [4.69, 9.17) is 0 Å². The first-order valence-corrected chi connectivity index (χ1v) is 8.13. The van der Waals surface area contributed by atoms with Crippen molar-refractivity contribution in [2.75, 3.05) is 36.8 Å². The number of nitrogens with one attached hydrogen (secondary N) is 2. The normalized spacial score (nSPS) is 19.6. The predicted octanol–water partition coefficient (Wildman–Crippen LogP) is 2.81. The lowest BCUT2D eigenvalue weighted by molar-refractivity contribution is 0.266. The van der Waals surface area contributed by atoms with E-state index in [1.165, 1.54) is 19.5 Å². The summed E-state index contributed by atoms with van der Waals surface area (Å²) >= 11 is 3.50. The van der Waals surface area contributed by atoms with Gasteiger partial charge in [0.15, 0.2) is 0 Å². The monoisotopic (exact) mass is 341 g/mol. The molecule has 0 aromatic carbocycles. The molecule has 1 aliphatic rings. The quantitative estimate of drug-likeness (QED) is 0.833. The summed E-state index contributed by atoms with van der Waals surface area (Å²) in [6, 6.07) is 0.645. The maximum atomic E-state index is 4.48. The highest BCUT2D eigenvalue weighted by Crippen LogP contribution is 2.23. The summed E-state index contributed by atoms with van der Waals surface area (Å²) in [5.74, 6) is 2.24. The molecule has 0 spiro atoms. The van der Waals surface area contributed by atoms with Crippen LogP contribution in [0.5, 0.6) is 0 Å². The number of rotatable bonds is 6. The second-order valence-electron chi connectivity index (χ2n) is 5.54. The number of hydrogen-bond acceptors (Lipinski definition) is 5. The SMILES string of the molecule is CCNc1ncc(Br)c(NCC2CCN(C(C)C)C2)n1. The number of anilines is 2. The first-order valence-electron chi connectivity index (χ1n) is 7.34. The highest BCUT2D eigenvalue weighted by Gasteiger charge is 2.24. The van der Waals surface area contributed by atoms with Crippen LogP contribution in [-0.2, 0) is 0 Å². The molecule has 5 nitrogen and oxygen atoms in total. The Hall–Kier alpha value is -0.880. The maximum absolute atomic E-state index is 4.48. The molecule has 1 aromatic heterocycles. The van der Waals surface area contributed by atoms with E-state index in [0.717, 1.165) is 23.4 Å². The van der Waals surface area contributed by atoms with Crippen LogP contribution in [0.1, 0.15) is 27.2 Å². The topological polar surface area (TPSA) is 53.1 Å². The lowest BCUT2D eigenvalue weighted by Crippen LogP contribution is -2.29. The summed E-state index contributed by atoms with van der Waals surface area (Å²) in [7, 11) is 0. The summed E-state index contributed by atoms with van der Waals surface area (Å²) in [5, 5.41) is 6.58. The smallest absolute Gasteiger partial charge is 0.224 e. The first kappa shape index (κ1) is 15.5. The Kier molecular flexibility index (Phi) is 5.60. The van der Waals surface area contributed by atoms with Crippen LogP contribution >= 0.6 is 15.9 Å². The predicted molar refractivity (Wildman–Crippen MR) is 87.2 cm³/mol. The van der Waals surface area contributed by atoms with E-state index in [2.05, 4.69) is 55.3 Å². The fourth-order valence-corrected chi connectivity index (χ4v) is 2.80. The largest absolute Gasteiger partial charge is 0.369 e. The number of halogens is 1. The van der Waals surface area contributed by atoms with Crippen LogP contribution in [0.15, 0.2) is 10.7 Å². The van der Waals surface area contributed by atoms with Crippen LogP contribution < -0.4 is 10.6 Å². The molecule has 112 valence electrons. The molecule has 2 N–H and O–H groups in total. The summed E-state index contributed by atoms with van der Waals surface area (Å²) < 4.78 is 0.915. The standard InChI is InChI=1S/C14H24BrN5/c1-4-16-14-18-8-12(15)13(19-14)17-7-11-5-6-20(9-11)10(2)3/h8,10-11H,4-7,9H2,1-3H3,(H2,16,17,18,19). The minimum Gasteiger partial charge on any atom is -0.369 e. The van der Waals surface area contributed by atoms with Crippen molar-refractivity contribution in [2.24, 2.45) is 5.92 Å². The van der Waals surface area contributed by atoms with E-state index in [0.29, 0.717) is 17.9 Å². The second kappa shape index (κ2) is 7.22. The Bertz CT molecular complexity index is 438. The van der Waals surface area contributed by atoms with E-state index >= 15 is 0 Å². The second-order valence-corrected chi connectivity index (χ2v) is 6.40. The van der Waals surface area contributed by atoms with Gasteiger partial charge in [-0.2, -0.15) is 4.98 Å². The van der Waals surface area contributed by atoms with Crippen LogP contribution in [0.4, 0.5) is 11.8 Å². The number of hydrogen-bond donors (Lipinski definition) is 2. The third-order valence-corrected chi connectivity index (χ3v) is 4.27. The summed E-state index contributed by atoms with van der Waals surface area (Å²) in [6.07, 6.45) is 3.05. The van der Waals surface area contributed by atoms with Gasteiger partial charge in [-0.05, 0) is 55.6 Å². The van der Waals surface area contributed by atoms with Crippen LogP contribution in [0.3, 0.4) is 0 Å². The molecule has 1 unspecified atom stereocenters. The molecule has 1 aliphatic heterocycles. The van der Waals surface area contributed by atoms with E-state index in [1.807, 2.05) is 6.92 Å². The van der Waals surface area contributed by atoms with Gasteiger partial charge in [0.1, 0.15) is 5.82 Å². The Morgan fingerprint density at radius 1 is 1.45 bits per heavy atom. The van der Waals surface area contributed by atoms with Gasteiger partial charge in [0.05, 0.1) is 4.47 Å². The number of aromatic nitrogens is 2. The highest BCUT2D eigenvalue weighted by atomic mass is 79.9. The molecular formula is C14H24BrN5. The van der Waals surface area contributed by atoms with Gasteiger partial charge in [-0.15, -0.1) is 0 Å². The van der Waals surface area contributed by atoms with Crippen molar-refractivity contribution >= 4 is 27.7 Å². The van der Waals surface area contributed by atoms with Crippen molar-refractivity contribution in [3.8, 4) is 0 Å². The zero-order chi connectivity index (χ0) is 14.5. The van der Waals surface area contributed by atoms with Gasteiger partial charge in [0.2, 0.25) is 5.95 Å². The molecular weight excluding hydrogens is 318 g/mol. The lowest BCUT2D eigenvalue weighted by Gasteiger charge is -2.20. The van der Waals surface area contributed by atoms with Crippen LogP contribution in [0.2, 0.25) is 0 Å². The molecule has 1 fully saturated rings. The molecule has 0 amide bonds. The van der Waals surface area contributed by atoms with Gasteiger partial charge in [0.25, 0.3) is 0 Å². The van der Waals surface area contributed by atoms with Gasteiger partial charge < -0.3 is 15.5 Å². The number of likely N-dealkylation sites (tertiary alicyclic amines) is 1. The molecule has 2 rings (SSSR count). The molecule has 0 bridgehead atoms. The van der Waals surface area contributed by atoms with Gasteiger partial charge in [-0.3, -0.25) is 0 Å². The van der Waals surface area contributed by atoms with Crippen LogP contribution in [0, 0.1) is 5.92 Å². The van der Waals surface area contributed by atoms with E-state index < -0.39 is 0 Å². The van der Waals surface area contributed by atoms with Gasteiger partial charge in [-0.25, -0.2) is 4.98 Å². The van der Waals surface area contributed by atoms with Crippen molar-refractivity contribution in [1.29, 1.82) is 0 Å². The third-order valence-electron chi connectivity index (χ3n) is 3.68. The van der Waals surface area contributed by atoms with Gasteiger partial charge in [-0.1, -0.05) is 0 Å². The highest BCUT2D eigenvalue weighted by molar-refractivity contribution is 9.10. The molecule has 1 atom stereocenters. The molecule has 0 saturated carbocycles. The van der Waals surface area contributed by atoms with Crippen molar-refractivity contribution in [1.82, 2.24) is 14.9 Å². The average molecular weight is 342 g/mol. The fraction of sp³-hybridized carbons (Fsp3) is 0.714. The molecule has 6 heteroatoms. The molecule has 2 heterocycles. The molecule has 1 saturated heterocycles.